The average Bonchev–Trinajstić information content (AvgIpc) is 3.13. The van der Waals surface area contributed by atoms with Crippen molar-refractivity contribution in [3.8, 4) is 5.75 Å². The number of esters is 1. The standard InChI is InChI=1S/C23H26N2O3S/c1-16-5-9-18(10-6-16)24-22-25-19(15-29-22)13-28-21(26)14-27-20-11-7-17(8-12-20)23(2,3)4/h5-12,15H,13-14H2,1-4H3,(H,24,25). The van der Waals surface area contributed by atoms with Crippen LogP contribution < -0.4 is 10.1 Å². The lowest BCUT2D eigenvalue weighted by Gasteiger charge is -2.19. The van der Waals surface area contributed by atoms with Crippen LogP contribution in [0.25, 0.3) is 0 Å². The molecule has 5 nitrogen and oxygen atoms in total. The smallest absolute Gasteiger partial charge is 0.344 e. The lowest BCUT2D eigenvalue weighted by atomic mass is 9.87. The van der Waals surface area contributed by atoms with Gasteiger partial charge in [0.05, 0.1) is 5.69 Å². The molecule has 0 saturated carbocycles. The fraction of sp³-hybridized carbons (Fsp3) is 0.304. The highest BCUT2D eigenvalue weighted by Gasteiger charge is 2.13. The molecule has 0 atom stereocenters. The number of aryl methyl sites for hydroxylation is 1. The topological polar surface area (TPSA) is 60.5 Å². The second-order valence-corrected chi connectivity index (χ2v) is 8.72. The minimum absolute atomic E-state index is 0.0815. The van der Waals surface area contributed by atoms with Gasteiger partial charge in [-0.15, -0.1) is 11.3 Å². The van der Waals surface area contributed by atoms with E-state index in [9.17, 15) is 4.79 Å². The Bertz CT molecular complexity index is 942. The van der Waals surface area contributed by atoms with E-state index in [2.05, 4.69) is 31.1 Å². The number of carbonyl (C=O) groups is 1. The van der Waals surface area contributed by atoms with Crippen molar-refractivity contribution >= 4 is 28.1 Å². The Morgan fingerprint density at radius 1 is 1.07 bits per heavy atom. The number of anilines is 2. The van der Waals surface area contributed by atoms with Gasteiger partial charge < -0.3 is 14.8 Å². The quantitative estimate of drug-likeness (QED) is 0.513. The van der Waals surface area contributed by atoms with E-state index in [0.29, 0.717) is 11.4 Å². The predicted octanol–water partition coefficient (Wildman–Crippen LogP) is 5.61. The third-order valence-corrected chi connectivity index (χ3v) is 5.12. The molecule has 1 N–H and O–H groups in total. The second kappa shape index (κ2) is 9.09. The van der Waals surface area contributed by atoms with Crippen LogP contribution in [0.4, 0.5) is 10.8 Å². The van der Waals surface area contributed by atoms with E-state index >= 15 is 0 Å². The Balaban J connectivity index is 1.43. The molecular weight excluding hydrogens is 384 g/mol. The number of benzene rings is 2. The van der Waals surface area contributed by atoms with Crippen LogP contribution in [0.2, 0.25) is 0 Å². The molecule has 0 aliphatic rings. The number of aromatic nitrogens is 1. The molecule has 0 amide bonds. The molecule has 2 aromatic carbocycles. The fourth-order valence-electron chi connectivity index (χ4n) is 2.58. The van der Waals surface area contributed by atoms with Crippen molar-refractivity contribution < 1.29 is 14.3 Å². The van der Waals surface area contributed by atoms with Crippen molar-refractivity contribution in [1.82, 2.24) is 4.98 Å². The first kappa shape index (κ1) is 20.9. The first-order chi connectivity index (χ1) is 13.8. The molecule has 6 heteroatoms. The van der Waals surface area contributed by atoms with Crippen molar-refractivity contribution in [3.63, 3.8) is 0 Å². The maximum atomic E-state index is 12.0. The minimum Gasteiger partial charge on any atom is -0.482 e. The lowest BCUT2D eigenvalue weighted by Crippen LogP contribution is -2.15. The summed E-state index contributed by atoms with van der Waals surface area (Å²) in [6.07, 6.45) is 0. The van der Waals surface area contributed by atoms with Gasteiger partial charge in [-0.05, 0) is 42.2 Å². The molecule has 0 aliphatic carbocycles. The normalized spacial score (nSPS) is 11.2. The molecule has 3 rings (SSSR count). The highest BCUT2D eigenvalue weighted by molar-refractivity contribution is 7.13. The van der Waals surface area contributed by atoms with E-state index in [0.717, 1.165) is 10.8 Å². The summed E-state index contributed by atoms with van der Waals surface area (Å²) >= 11 is 1.47. The van der Waals surface area contributed by atoms with Gasteiger partial charge in [0.2, 0.25) is 0 Å². The van der Waals surface area contributed by atoms with E-state index < -0.39 is 5.97 Å². The van der Waals surface area contributed by atoms with Gasteiger partial charge in [0, 0.05) is 11.1 Å². The predicted molar refractivity (Wildman–Crippen MR) is 117 cm³/mol. The maximum Gasteiger partial charge on any atom is 0.344 e. The van der Waals surface area contributed by atoms with Gasteiger partial charge in [0.15, 0.2) is 11.7 Å². The molecule has 1 heterocycles. The van der Waals surface area contributed by atoms with Crippen molar-refractivity contribution in [2.45, 2.75) is 39.7 Å². The molecule has 29 heavy (non-hydrogen) atoms. The molecule has 0 bridgehead atoms. The van der Waals surface area contributed by atoms with Crippen molar-refractivity contribution in [2.75, 3.05) is 11.9 Å². The Morgan fingerprint density at radius 3 is 2.41 bits per heavy atom. The molecule has 1 aromatic heterocycles. The largest absolute Gasteiger partial charge is 0.482 e. The van der Waals surface area contributed by atoms with Crippen LogP contribution in [-0.4, -0.2) is 17.6 Å². The molecule has 0 unspecified atom stereocenters. The lowest BCUT2D eigenvalue weighted by molar-refractivity contribution is -0.147. The van der Waals surface area contributed by atoms with E-state index in [1.165, 1.54) is 22.5 Å². The number of hydrogen-bond acceptors (Lipinski definition) is 6. The average molecular weight is 411 g/mol. The Labute approximate surface area is 175 Å². The third-order valence-electron chi connectivity index (χ3n) is 4.31. The molecule has 0 fully saturated rings. The zero-order chi connectivity index (χ0) is 20.9. The van der Waals surface area contributed by atoms with Gasteiger partial charge in [-0.3, -0.25) is 0 Å². The number of nitrogens with one attached hydrogen (secondary N) is 1. The Morgan fingerprint density at radius 2 is 1.76 bits per heavy atom. The van der Waals surface area contributed by atoms with Crippen molar-refractivity contribution in [3.05, 3.63) is 70.7 Å². The first-order valence-corrected chi connectivity index (χ1v) is 10.3. The third kappa shape index (κ3) is 6.32. The molecule has 0 spiro atoms. The number of rotatable bonds is 7. The number of hydrogen-bond donors (Lipinski definition) is 1. The number of ether oxygens (including phenoxy) is 2. The highest BCUT2D eigenvalue weighted by Crippen LogP contribution is 2.24. The van der Waals surface area contributed by atoms with E-state index in [-0.39, 0.29) is 18.6 Å². The molecule has 0 saturated heterocycles. The van der Waals surface area contributed by atoms with Crippen LogP contribution in [0.15, 0.2) is 53.9 Å². The van der Waals surface area contributed by atoms with E-state index in [4.69, 9.17) is 9.47 Å². The second-order valence-electron chi connectivity index (χ2n) is 7.86. The van der Waals surface area contributed by atoms with Gasteiger partial charge in [-0.2, -0.15) is 0 Å². The molecule has 3 aromatic rings. The summed E-state index contributed by atoms with van der Waals surface area (Å²) in [7, 11) is 0. The van der Waals surface area contributed by atoms with Crippen LogP contribution in [0.3, 0.4) is 0 Å². The summed E-state index contributed by atoms with van der Waals surface area (Å²) in [6.45, 7) is 8.50. The van der Waals surface area contributed by atoms with E-state index in [1.807, 2.05) is 60.8 Å². The van der Waals surface area contributed by atoms with E-state index in [1.54, 1.807) is 0 Å². The van der Waals surface area contributed by atoms with Crippen molar-refractivity contribution in [2.24, 2.45) is 0 Å². The molecule has 0 aliphatic heterocycles. The summed E-state index contributed by atoms with van der Waals surface area (Å²) in [5.74, 6) is 0.221. The number of thiazole rings is 1. The fourth-order valence-corrected chi connectivity index (χ4v) is 3.30. The first-order valence-electron chi connectivity index (χ1n) is 9.47. The van der Waals surface area contributed by atoms with Gasteiger partial charge in [0.1, 0.15) is 12.4 Å². The summed E-state index contributed by atoms with van der Waals surface area (Å²) in [4.78, 5) is 16.4. The number of carbonyl (C=O) groups excluding carboxylic acids is 1. The summed E-state index contributed by atoms with van der Waals surface area (Å²) < 4.78 is 10.8. The van der Waals surface area contributed by atoms with Crippen LogP contribution in [0, 0.1) is 6.92 Å². The van der Waals surface area contributed by atoms with Gasteiger partial charge in [-0.25, -0.2) is 9.78 Å². The zero-order valence-corrected chi connectivity index (χ0v) is 18.0. The van der Waals surface area contributed by atoms with Crippen molar-refractivity contribution in [1.29, 1.82) is 0 Å². The molecular formula is C23H26N2O3S. The molecule has 152 valence electrons. The van der Waals surface area contributed by atoms with Gasteiger partial charge in [-0.1, -0.05) is 50.6 Å². The monoisotopic (exact) mass is 410 g/mol. The summed E-state index contributed by atoms with van der Waals surface area (Å²) in [5, 5.41) is 5.87. The van der Waals surface area contributed by atoms with Crippen LogP contribution >= 0.6 is 11.3 Å². The van der Waals surface area contributed by atoms with Crippen LogP contribution in [0.5, 0.6) is 5.75 Å². The highest BCUT2D eigenvalue weighted by atomic mass is 32.1. The van der Waals surface area contributed by atoms with Gasteiger partial charge in [0.25, 0.3) is 0 Å². The van der Waals surface area contributed by atoms with Crippen LogP contribution in [-0.2, 0) is 21.6 Å². The minimum atomic E-state index is -0.425. The summed E-state index contributed by atoms with van der Waals surface area (Å²) in [6, 6.07) is 15.8. The Hall–Kier alpha value is -2.86. The SMILES string of the molecule is Cc1ccc(Nc2nc(COC(=O)COc3ccc(C(C)(C)C)cc3)cs2)cc1. The number of nitrogens with zero attached hydrogens (tertiary/aromatic N) is 1. The van der Waals surface area contributed by atoms with Gasteiger partial charge >= 0.3 is 5.97 Å². The summed E-state index contributed by atoms with van der Waals surface area (Å²) in [5.41, 5.74) is 4.17. The maximum absolute atomic E-state index is 12.0. The Kier molecular flexibility index (Phi) is 6.54. The zero-order valence-electron chi connectivity index (χ0n) is 17.2. The van der Waals surface area contributed by atoms with Crippen LogP contribution in [0.1, 0.15) is 37.6 Å². The molecule has 0 radical (unpaired) electrons.